The molecule has 0 bridgehead atoms. The summed E-state index contributed by atoms with van der Waals surface area (Å²) in [5.74, 6) is -1.68. The van der Waals surface area contributed by atoms with E-state index in [2.05, 4.69) is 5.32 Å². The molecule has 0 saturated heterocycles. The predicted molar refractivity (Wildman–Crippen MR) is 110 cm³/mol. The average Bonchev–Trinajstić information content (AvgIpc) is 3.17. The molecule has 3 rings (SSSR count). The highest BCUT2D eigenvalue weighted by Gasteiger charge is 2.34. The van der Waals surface area contributed by atoms with E-state index in [-0.39, 0.29) is 5.02 Å². The van der Waals surface area contributed by atoms with Crippen molar-refractivity contribution in [1.29, 1.82) is 0 Å². The van der Waals surface area contributed by atoms with Gasteiger partial charge in [-0.2, -0.15) is 13.2 Å². The molecule has 3 aromatic rings. The van der Waals surface area contributed by atoms with Crippen molar-refractivity contribution in [3.05, 3.63) is 74.9 Å². The highest BCUT2D eigenvalue weighted by molar-refractivity contribution is 7.12. The number of alkyl halides is 3. The van der Waals surface area contributed by atoms with Crippen molar-refractivity contribution in [1.82, 2.24) is 0 Å². The molecule has 9 heteroatoms. The van der Waals surface area contributed by atoms with Gasteiger partial charge in [0.1, 0.15) is 4.88 Å². The number of hydrogen-bond donors (Lipinski definition) is 1. The Kier molecular flexibility index (Phi) is 6.48. The smallest absolute Gasteiger partial charge is 0.418 e. The second-order valence-electron chi connectivity index (χ2n) is 6.31. The lowest BCUT2D eigenvalue weighted by Crippen LogP contribution is -2.23. The summed E-state index contributed by atoms with van der Waals surface area (Å²) in [5, 5.41) is 3.51. The van der Waals surface area contributed by atoms with Crippen molar-refractivity contribution in [3.63, 3.8) is 0 Å². The van der Waals surface area contributed by atoms with Crippen molar-refractivity contribution in [3.8, 4) is 11.1 Å². The van der Waals surface area contributed by atoms with Crippen molar-refractivity contribution in [2.24, 2.45) is 0 Å². The maximum absolute atomic E-state index is 13.1. The maximum atomic E-state index is 13.1. The van der Waals surface area contributed by atoms with Crippen LogP contribution >= 0.6 is 22.9 Å². The van der Waals surface area contributed by atoms with Crippen LogP contribution in [0, 0.1) is 6.92 Å². The van der Waals surface area contributed by atoms with E-state index in [1.165, 1.54) is 6.07 Å². The lowest BCUT2D eigenvalue weighted by Gasteiger charge is -2.15. The molecule has 1 amide bonds. The van der Waals surface area contributed by atoms with Gasteiger partial charge in [0.25, 0.3) is 5.91 Å². The van der Waals surface area contributed by atoms with Crippen LogP contribution in [0.2, 0.25) is 5.02 Å². The largest absolute Gasteiger partial charge is 0.451 e. The third-order valence-electron chi connectivity index (χ3n) is 4.13. The number of carbonyl (C=O) groups is 2. The van der Waals surface area contributed by atoms with E-state index in [4.69, 9.17) is 16.3 Å². The summed E-state index contributed by atoms with van der Waals surface area (Å²) in [6.45, 7) is 1.18. The lowest BCUT2D eigenvalue weighted by molar-refractivity contribution is -0.137. The normalized spacial score (nSPS) is 11.2. The average molecular weight is 454 g/mol. The summed E-state index contributed by atoms with van der Waals surface area (Å²) in [6, 6.07) is 12.4. The number of aryl methyl sites for hydroxylation is 1. The van der Waals surface area contributed by atoms with Crippen LogP contribution in [0.25, 0.3) is 11.1 Å². The highest BCUT2D eigenvalue weighted by atomic mass is 35.5. The maximum Gasteiger partial charge on any atom is 0.418 e. The minimum absolute atomic E-state index is 0.274. The molecule has 0 fully saturated rings. The van der Waals surface area contributed by atoms with Gasteiger partial charge in [0.05, 0.1) is 16.3 Å². The van der Waals surface area contributed by atoms with Gasteiger partial charge in [-0.25, -0.2) is 4.79 Å². The Morgan fingerprint density at radius 3 is 2.47 bits per heavy atom. The molecule has 0 aliphatic heterocycles. The molecule has 156 valence electrons. The van der Waals surface area contributed by atoms with Crippen LogP contribution in [0.3, 0.4) is 0 Å². The summed E-state index contributed by atoms with van der Waals surface area (Å²) in [4.78, 5) is 24.8. The molecule has 1 N–H and O–H groups in total. The monoisotopic (exact) mass is 453 g/mol. The van der Waals surface area contributed by atoms with Crippen LogP contribution in [0.15, 0.2) is 53.9 Å². The number of carbonyl (C=O) groups excluding carboxylic acids is 2. The Morgan fingerprint density at radius 2 is 1.80 bits per heavy atom. The first kappa shape index (κ1) is 21.9. The van der Waals surface area contributed by atoms with Gasteiger partial charge in [-0.15, -0.1) is 11.3 Å². The molecule has 1 heterocycles. The molecular weight excluding hydrogens is 439 g/mol. The first-order chi connectivity index (χ1) is 14.2. The van der Waals surface area contributed by atoms with Gasteiger partial charge in [0.2, 0.25) is 0 Å². The van der Waals surface area contributed by atoms with Crippen LogP contribution in [0.5, 0.6) is 0 Å². The third-order valence-corrected chi connectivity index (χ3v) is 5.34. The Labute approximate surface area is 179 Å². The van der Waals surface area contributed by atoms with Crippen LogP contribution in [-0.2, 0) is 15.7 Å². The fourth-order valence-corrected chi connectivity index (χ4v) is 3.72. The number of rotatable bonds is 5. The fraction of sp³-hybridized carbons (Fsp3) is 0.143. The topological polar surface area (TPSA) is 55.4 Å². The first-order valence-electron chi connectivity index (χ1n) is 8.64. The predicted octanol–water partition coefficient (Wildman–Crippen LogP) is 6.19. The molecule has 4 nitrogen and oxygen atoms in total. The number of nitrogens with one attached hydrogen (secondary N) is 1. The second-order valence-corrected chi connectivity index (χ2v) is 7.64. The van der Waals surface area contributed by atoms with E-state index in [0.717, 1.165) is 34.6 Å². The molecule has 2 aromatic carbocycles. The van der Waals surface area contributed by atoms with Crippen LogP contribution < -0.4 is 5.32 Å². The molecule has 0 aliphatic carbocycles. The van der Waals surface area contributed by atoms with E-state index >= 15 is 0 Å². The summed E-state index contributed by atoms with van der Waals surface area (Å²) < 4.78 is 44.4. The zero-order valence-corrected chi connectivity index (χ0v) is 17.1. The van der Waals surface area contributed by atoms with E-state index in [1.807, 2.05) is 31.2 Å². The molecule has 0 aliphatic rings. The van der Waals surface area contributed by atoms with Crippen LogP contribution in [0.1, 0.15) is 20.8 Å². The Balaban J connectivity index is 1.69. The van der Waals surface area contributed by atoms with Crippen LogP contribution in [0.4, 0.5) is 18.9 Å². The number of amides is 1. The minimum Gasteiger partial charge on any atom is -0.451 e. The van der Waals surface area contributed by atoms with Gasteiger partial charge in [-0.1, -0.05) is 47.5 Å². The number of esters is 1. The highest BCUT2D eigenvalue weighted by Crippen LogP contribution is 2.38. The van der Waals surface area contributed by atoms with Crippen LogP contribution in [-0.4, -0.2) is 18.5 Å². The lowest BCUT2D eigenvalue weighted by atomic mass is 10.1. The molecule has 0 unspecified atom stereocenters. The standard InChI is InChI=1S/C21H15ClF3NO3S/c1-12-5-7-13(8-6-12)14-9-10-30-19(14)20(28)29-11-17(27)26-18-15(21(23,24)25)3-2-4-16(18)22/h2-10H,11H2,1H3,(H,26,27). The van der Waals surface area contributed by atoms with Gasteiger partial charge in [0.15, 0.2) is 6.61 Å². The number of anilines is 1. The van der Waals surface area contributed by atoms with Crippen molar-refractivity contribution in [2.45, 2.75) is 13.1 Å². The van der Waals surface area contributed by atoms with E-state index in [1.54, 1.807) is 11.4 Å². The van der Waals surface area contributed by atoms with Gasteiger partial charge in [0, 0.05) is 5.56 Å². The fourth-order valence-electron chi connectivity index (χ4n) is 2.69. The molecule has 0 radical (unpaired) electrons. The first-order valence-corrected chi connectivity index (χ1v) is 9.90. The number of thiophene rings is 1. The van der Waals surface area contributed by atoms with Gasteiger partial charge < -0.3 is 10.1 Å². The molecule has 30 heavy (non-hydrogen) atoms. The quantitative estimate of drug-likeness (QED) is 0.468. The third kappa shape index (κ3) is 5.01. The van der Waals surface area contributed by atoms with E-state index in [9.17, 15) is 22.8 Å². The second kappa shape index (κ2) is 8.89. The number of para-hydroxylation sites is 1. The van der Waals surface area contributed by atoms with Crippen molar-refractivity contribution < 1.29 is 27.5 Å². The summed E-state index contributed by atoms with van der Waals surface area (Å²) in [6.07, 6.45) is -4.70. The summed E-state index contributed by atoms with van der Waals surface area (Å²) >= 11 is 6.95. The van der Waals surface area contributed by atoms with Gasteiger partial charge in [-0.3, -0.25) is 4.79 Å². The molecule has 0 saturated carbocycles. The number of benzene rings is 2. The zero-order chi connectivity index (χ0) is 21.9. The number of halogens is 4. The molecule has 0 spiro atoms. The van der Waals surface area contributed by atoms with Crippen molar-refractivity contribution >= 4 is 40.5 Å². The molecule has 1 aromatic heterocycles. The Morgan fingerprint density at radius 1 is 1.10 bits per heavy atom. The molecular formula is C21H15ClF3NO3S. The number of ether oxygens (including phenoxy) is 1. The zero-order valence-electron chi connectivity index (χ0n) is 15.5. The van der Waals surface area contributed by atoms with Gasteiger partial charge >= 0.3 is 12.1 Å². The Hall–Kier alpha value is -2.84. The summed E-state index contributed by atoms with van der Waals surface area (Å²) in [7, 11) is 0. The SMILES string of the molecule is Cc1ccc(-c2ccsc2C(=O)OCC(=O)Nc2c(Cl)cccc2C(F)(F)F)cc1. The minimum atomic E-state index is -4.70. The summed E-state index contributed by atoms with van der Waals surface area (Å²) in [5.41, 5.74) is 0.853. The van der Waals surface area contributed by atoms with Crippen molar-refractivity contribution in [2.75, 3.05) is 11.9 Å². The Bertz CT molecular complexity index is 1080. The van der Waals surface area contributed by atoms with E-state index < -0.39 is 35.9 Å². The van der Waals surface area contributed by atoms with E-state index in [0.29, 0.717) is 10.4 Å². The number of hydrogen-bond acceptors (Lipinski definition) is 4. The van der Waals surface area contributed by atoms with Gasteiger partial charge in [-0.05, 0) is 36.1 Å². The molecule has 0 atom stereocenters.